The van der Waals surface area contributed by atoms with Crippen molar-refractivity contribution >= 4 is 23.4 Å². The first kappa shape index (κ1) is 13.1. The fraction of sp³-hybridized carbons (Fsp3) is 0.583. The van der Waals surface area contributed by atoms with Crippen molar-refractivity contribution in [1.29, 1.82) is 0 Å². The van der Waals surface area contributed by atoms with Gasteiger partial charge in [-0.15, -0.1) is 0 Å². The number of halogens is 1. The van der Waals surface area contributed by atoms with E-state index in [0.29, 0.717) is 36.8 Å². The Balaban J connectivity index is 2.39. The van der Waals surface area contributed by atoms with Crippen LogP contribution in [-0.2, 0) is 10.2 Å². The molecule has 0 radical (unpaired) electrons. The predicted molar refractivity (Wildman–Crippen MR) is 68.9 cm³/mol. The average molecular weight is 270 g/mol. The second-order valence-electron chi connectivity index (χ2n) is 4.84. The predicted octanol–water partition coefficient (Wildman–Crippen LogP) is 2.31. The summed E-state index contributed by atoms with van der Waals surface area (Å²) in [5.74, 6) is 0.142. The van der Waals surface area contributed by atoms with Crippen molar-refractivity contribution in [2.45, 2.75) is 32.1 Å². The summed E-state index contributed by atoms with van der Waals surface area (Å²) in [7, 11) is 0. The molecule has 0 saturated heterocycles. The van der Waals surface area contributed by atoms with E-state index in [1.165, 1.54) is 0 Å². The van der Waals surface area contributed by atoms with E-state index in [-0.39, 0.29) is 5.28 Å². The fourth-order valence-corrected chi connectivity index (χ4v) is 2.74. The maximum Gasteiger partial charge on any atom is 0.315 e. The molecule has 0 spiro atoms. The largest absolute Gasteiger partial charge is 0.481 e. The van der Waals surface area contributed by atoms with Crippen LogP contribution in [0.1, 0.15) is 32.4 Å². The molecule has 2 rings (SSSR count). The number of aliphatic carboxylic acids is 1. The molecular weight excluding hydrogens is 254 g/mol. The molecule has 0 atom stereocenters. The van der Waals surface area contributed by atoms with Crippen LogP contribution >= 0.6 is 11.6 Å². The molecule has 1 aliphatic rings. The van der Waals surface area contributed by atoms with Crippen LogP contribution in [0.3, 0.4) is 0 Å². The van der Waals surface area contributed by atoms with Crippen molar-refractivity contribution < 1.29 is 9.90 Å². The average Bonchev–Trinajstić information content (AvgIpc) is 2.23. The molecule has 0 unspecified atom stereocenters. The van der Waals surface area contributed by atoms with Gasteiger partial charge in [-0.3, -0.25) is 4.79 Å². The maximum atomic E-state index is 11.5. The molecule has 0 aromatic carbocycles. The van der Waals surface area contributed by atoms with Gasteiger partial charge in [0.1, 0.15) is 11.2 Å². The van der Waals surface area contributed by atoms with Gasteiger partial charge in [0.2, 0.25) is 5.28 Å². The molecule has 1 aromatic rings. The molecule has 0 amide bonds. The number of hydrogen-bond donors (Lipinski definition) is 2. The lowest BCUT2D eigenvalue weighted by Crippen LogP contribution is -2.47. The SMILES string of the molecule is CCNc1cc(C2(C(=O)O)CC(C)C2)nc(Cl)n1. The summed E-state index contributed by atoms with van der Waals surface area (Å²) in [6, 6.07) is 1.69. The minimum atomic E-state index is -0.893. The molecule has 18 heavy (non-hydrogen) atoms. The Hall–Kier alpha value is -1.36. The Morgan fingerprint density at radius 2 is 2.28 bits per heavy atom. The summed E-state index contributed by atoms with van der Waals surface area (Å²) >= 11 is 5.86. The molecular formula is C12H16ClN3O2. The first-order valence-corrected chi connectivity index (χ1v) is 6.38. The van der Waals surface area contributed by atoms with Gasteiger partial charge in [0, 0.05) is 12.6 Å². The number of rotatable bonds is 4. The second-order valence-corrected chi connectivity index (χ2v) is 5.18. The van der Waals surface area contributed by atoms with E-state index in [0.717, 1.165) is 0 Å². The van der Waals surface area contributed by atoms with Crippen LogP contribution in [0.25, 0.3) is 0 Å². The van der Waals surface area contributed by atoms with Crippen LogP contribution in [0, 0.1) is 5.92 Å². The summed E-state index contributed by atoms with van der Waals surface area (Å²) in [5.41, 5.74) is -0.389. The highest BCUT2D eigenvalue weighted by atomic mass is 35.5. The van der Waals surface area contributed by atoms with Gasteiger partial charge in [0.25, 0.3) is 0 Å². The number of aromatic nitrogens is 2. The van der Waals surface area contributed by atoms with Gasteiger partial charge >= 0.3 is 5.97 Å². The van der Waals surface area contributed by atoms with E-state index in [1.807, 2.05) is 13.8 Å². The molecule has 1 fully saturated rings. The van der Waals surface area contributed by atoms with Crippen molar-refractivity contribution in [3.8, 4) is 0 Å². The number of nitrogens with zero attached hydrogens (tertiary/aromatic N) is 2. The highest BCUT2D eigenvalue weighted by molar-refractivity contribution is 6.28. The molecule has 98 valence electrons. The zero-order valence-corrected chi connectivity index (χ0v) is 11.2. The second kappa shape index (κ2) is 4.72. The summed E-state index contributed by atoms with van der Waals surface area (Å²) in [4.78, 5) is 19.6. The van der Waals surface area contributed by atoms with Crippen molar-refractivity contribution in [3.63, 3.8) is 0 Å². The normalized spacial score (nSPS) is 26.5. The Kier molecular flexibility index (Phi) is 3.43. The Morgan fingerprint density at radius 3 is 2.78 bits per heavy atom. The van der Waals surface area contributed by atoms with Crippen LogP contribution in [0.4, 0.5) is 5.82 Å². The van der Waals surface area contributed by atoms with E-state index < -0.39 is 11.4 Å². The molecule has 5 nitrogen and oxygen atoms in total. The third kappa shape index (κ3) is 2.14. The summed E-state index contributed by atoms with van der Waals surface area (Å²) in [6.45, 7) is 4.67. The smallest absolute Gasteiger partial charge is 0.315 e. The van der Waals surface area contributed by atoms with Crippen molar-refractivity contribution in [1.82, 2.24) is 9.97 Å². The van der Waals surface area contributed by atoms with E-state index in [4.69, 9.17) is 11.6 Å². The number of nitrogens with one attached hydrogen (secondary N) is 1. The Morgan fingerprint density at radius 1 is 1.61 bits per heavy atom. The van der Waals surface area contributed by atoms with E-state index >= 15 is 0 Å². The highest BCUT2D eigenvalue weighted by Crippen LogP contribution is 2.47. The van der Waals surface area contributed by atoms with Gasteiger partial charge in [0.15, 0.2) is 0 Å². The Labute approximate surface area is 111 Å². The molecule has 1 aliphatic carbocycles. The van der Waals surface area contributed by atoms with Crippen LogP contribution in [0.15, 0.2) is 6.07 Å². The van der Waals surface area contributed by atoms with Crippen molar-refractivity contribution in [2.24, 2.45) is 5.92 Å². The first-order valence-electron chi connectivity index (χ1n) is 6.00. The monoisotopic (exact) mass is 269 g/mol. The minimum absolute atomic E-state index is 0.0867. The maximum absolute atomic E-state index is 11.5. The summed E-state index contributed by atoms with van der Waals surface area (Å²) < 4.78 is 0. The van der Waals surface area contributed by atoms with Crippen LogP contribution in [0.5, 0.6) is 0 Å². The fourth-order valence-electron chi connectivity index (χ4n) is 2.56. The Bertz CT molecular complexity index is 472. The van der Waals surface area contributed by atoms with Crippen LogP contribution in [-0.4, -0.2) is 27.6 Å². The zero-order chi connectivity index (χ0) is 13.3. The molecule has 1 aromatic heterocycles. The topological polar surface area (TPSA) is 75.1 Å². The van der Waals surface area contributed by atoms with E-state index in [2.05, 4.69) is 15.3 Å². The standard InChI is InChI=1S/C12H16ClN3O2/c1-3-14-9-4-8(15-11(13)16-9)12(10(17)18)5-7(2)6-12/h4,7H,3,5-6H2,1-2H3,(H,17,18)(H,14,15,16). The molecule has 0 aliphatic heterocycles. The van der Waals surface area contributed by atoms with Gasteiger partial charge in [0.05, 0.1) is 5.69 Å². The lowest BCUT2D eigenvalue weighted by Gasteiger charge is -2.42. The lowest BCUT2D eigenvalue weighted by atomic mass is 9.61. The van der Waals surface area contributed by atoms with E-state index in [1.54, 1.807) is 6.07 Å². The van der Waals surface area contributed by atoms with Gasteiger partial charge in [-0.2, -0.15) is 0 Å². The highest BCUT2D eigenvalue weighted by Gasteiger charge is 2.51. The van der Waals surface area contributed by atoms with Crippen LogP contribution < -0.4 is 5.32 Å². The van der Waals surface area contributed by atoms with E-state index in [9.17, 15) is 9.90 Å². The molecule has 1 saturated carbocycles. The van der Waals surface area contributed by atoms with Gasteiger partial charge in [-0.25, -0.2) is 9.97 Å². The van der Waals surface area contributed by atoms with Crippen molar-refractivity contribution in [3.05, 3.63) is 17.0 Å². The number of carbonyl (C=O) groups is 1. The summed E-state index contributed by atoms with van der Waals surface area (Å²) in [6.07, 6.45) is 1.20. The zero-order valence-electron chi connectivity index (χ0n) is 10.4. The number of carboxylic acids is 1. The first-order chi connectivity index (χ1) is 8.48. The molecule has 2 N–H and O–H groups in total. The number of hydrogen-bond acceptors (Lipinski definition) is 4. The third-order valence-electron chi connectivity index (χ3n) is 3.35. The molecule has 6 heteroatoms. The molecule has 0 bridgehead atoms. The van der Waals surface area contributed by atoms with Crippen molar-refractivity contribution in [2.75, 3.05) is 11.9 Å². The molecule has 1 heterocycles. The van der Waals surface area contributed by atoms with Gasteiger partial charge in [-0.05, 0) is 37.3 Å². The third-order valence-corrected chi connectivity index (χ3v) is 3.52. The number of carboxylic acid groups (broad SMARTS) is 1. The number of anilines is 1. The van der Waals surface area contributed by atoms with Crippen LogP contribution in [0.2, 0.25) is 5.28 Å². The minimum Gasteiger partial charge on any atom is -0.481 e. The summed E-state index contributed by atoms with van der Waals surface area (Å²) in [5, 5.41) is 12.6. The van der Waals surface area contributed by atoms with Gasteiger partial charge < -0.3 is 10.4 Å². The quantitative estimate of drug-likeness (QED) is 0.821. The lowest BCUT2D eigenvalue weighted by molar-refractivity contribution is -0.149. The van der Waals surface area contributed by atoms with Gasteiger partial charge in [-0.1, -0.05) is 6.92 Å².